The van der Waals surface area contributed by atoms with Crippen LogP contribution in [0.2, 0.25) is 0 Å². The van der Waals surface area contributed by atoms with Crippen LogP contribution in [0, 0.1) is 11.6 Å². The number of hydrogen-bond donors (Lipinski definition) is 0. The van der Waals surface area contributed by atoms with Crippen LogP contribution < -0.4 is 0 Å². The summed E-state index contributed by atoms with van der Waals surface area (Å²) >= 11 is 1.10. The molecule has 0 N–H and O–H groups in total. The third kappa shape index (κ3) is 5.29. The van der Waals surface area contributed by atoms with Gasteiger partial charge in [0.05, 0.1) is 17.3 Å². The Kier molecular flexibility index (Phi) is 6.16. The highest BCUT2D eigenvalue weighted by atomic mass is 32.2. The van der Waals surface area contributed by atoms with Crippen LogP contribution in [0.15, 0.2) is 53.4 Å². The number of benzene rings is 2. The van der Waals surface area contributed by atoms with Crippen LogP contribution in [-0.4, -0.2) is 42.5 Å². The Labute approximate surface area is 161 Å². The molecule has 1 saturated heterocycles. The molecule has 0 radical (unpaired) electrons. The van der Waals surface area contributed by atoms with E-state index in [1.165, 1.54) is 6.07 Å². The summed E-state index contributed by atoms with van der Waals surface area (Å²) in [5.74, 6) is -2.07. The molecule has 3 rings (SSSR count). The molecular weight excluding hydrogens is 392 g/mol. The van der Waals surface area contributed by atoms with Gasteiger partial charge in [0.25, 0.3) is 0 Å². The topological polar surface area (TPSA) is 54.5 Å². The highest BCUT2D eigenvalue weighted by Crippen LogP contribution is 2.24. The molecule has 2 aromatic carbocycles. The lowest BCUT2D eigenvalue weighted by Gasteiger charge is -2.28. The minimum atomic E-state index is -3.14. The zero-order valence-electron chi connectivity index (χ0n) is 14.5. The van der Waals surface area contributed by atoms with E-state index in [-0.39, 0.29) is 29.2 Å². The number of rotatable bonds is 6. The molecule has 0 saturated carbocycles. The fourth-order valence-corrected chi connectivity index (χ4v) is 5.55. The van der Waals surface area contributed by atoms with Crippen LogP contribution in [0.5, 0.6) is 0 Å². The molecule has 1 atom stereocenters. The molecule has 1 aliphatic heterocycles. The Balaban J connectivity index is 1.72. The van der Waals surface area contributed by atoms with Crippen molar-refractivity contribution >= 4 is 27.5 Å². The highest BCUT2D eigenvalue weighted by Gasteiger charge is 2.34. The summed E-state index contributed by atoms with van der Waals surface area (Å²) in [6.45, 7) is 0.318. The Morgan fingerprint density at radius 3 is 2.48 bits per heavy atom. The minimum absolute atomic E-state index is 0.0223. The van der Waals surface area contributed by atoms with Crippen molar-refractivity contribution in [1.82, 2.24) is 4.90 Å². The van der Waals surface area contributed by atoms with Crippen LogP contribution in [0.3, 0.4) is 0 Å². The lowest BCUT2D eigenvalue weighted by atomic mass is 10.1. The van der Waals surface area contributed by atoms with E-state index in [1.54, 1.807) is 4.90 Å². The van der Waals surface area contributed by atoms with Gasteiger partial charge in [0, 0.05) is 17.5 Å². The molecule has 0 unspecified atom stereocenters. The number of carbonyl (C=O) groups excluding carboxylic acids is 1. The predicted octanol–water partition coefficient (Wildman–Crippen LogP) is 3.27. The summed E-state index contributed by atoms with van der Waals surface area (Å²) in [6.07, 6.45) is 0.413. The van der Waals surface area contributed by atoms with Crippen LogP contribution >= 0.6 is 11.8 Å². The molecule has 4 nitrogen and oxygen atoms in total. The summed E-state index contributed by atoms with van der Waals surface area (Å²) in [5.41, 5.74) is 0.910. The Morgan fingerprint density at radius 1 is 1.11 bits per heavy atom. The maximum absolute atomic E-state index is 13.3. The lowest BCUT2D eigenvalue weighted by molar-refractivity contribution is -0.130. The summed E-state index contributed by atoms with van der Waals surface area (Å²) in [6, 6.07) is 12.5. The summed E-state index contributed by atoms with van der Waals surface area (Å²) in [7, 11) is -3.14. The number of thioether (sulfide) groups is 1. The van der Waals surface area contributed by atoms with Crippen molar-refractivity contribution in [1.29, 1.82) is 0 Å². The van der Waals surface area contributed by atoms with Crippen molar-refractivity contribution in [2.24, 2.45) is 0 Å². The molecule has 1 amide bonds. The predicted molar refractivity (Wildman–Crippen MR) is 101 cm³/mol. The van der Waals surface area contributed by atoms with Gasteiger partial charge in [-0.25, -0.2) is 17.2 Å². The van der Waals surface area contributed by atoms with E-state index < -0.39 is 21.5 Å². The molecule has 144 valence electrons. The first-order valence-electron chi connectivity index (χ1n) is 8.46. The van der Waals surface area contributed by atoms with Gasteiger partial charge in [0.1, 0.15) is 0 Å². The molecule has 1 aliphatic rings. The average molecular weight is 411 g/mol. The Morgan fingerprint density at radius 2 is 1.85 bits per heavy atom. The maximum atomic E-state index is 13.3. The first kappa shape index (κ1) is 19.8. The second-order valence-corrected chi connectivity index (χ2v) is 9.71. The van der Waals surface area contributed by atoms with Crippen molar-refractivity contribution in [3.8, 4) is 0 Å². The number of sulfone groups is 1. The fourth-order valence-electron chi connectivity index (χ4n) is 3.02. The van der Waals surface area contributed by atoms with Crippen molar-refractivity contribution < 1.29 is 22.0 Å². The van der Waals surface area contributed by atoms with Gasteiger partial charge in [-0.05, 0) is 30.2 Å². The molecule has 2 aromatic rings. The molecule has 1 fully saturated rings. The number of carbonyl (C=O) groups is 1. The van der Waals surface area contributed by atoms with E-state index in [1.807, 2.05) is 30.3 Å². The van der Waals surface area contributed by atoms with E-state index in [0.717, 1.165) is 29.5 Å². The standard InChI is InChI=1S/C19H19F2NO3S2/c20-17-7-6-16(10-18(17)21)26-12-19(23)22(11-14-4-2-1-3-5-14)15-8-9-27(24,25)13-15/h1-7,10,15H,8-9,11-13H2/t15-/m1/s1. The quantitative estimate of drug-likeness (QED) is 0.685. The maximum Gasteiger partial charge on any atom is 0.233 e. The van der Waals surface area contributed by atoms with Gasteiger partial charge >= 0.3 is 0 Å². The lowest BCUT2D eigenvalue weighted by Crippen LogP contribution is -2.41. The highest BCUT2D eigenvalue weighted by molar-refractivity contribution is 8.00. The fraction of sp³-hybridized carbons (Fsp3) is 0.316. The van der Waals surface area contributed by atoms with Gasteiger partial charge in [0.15, 0.2) is 21.5 Å². The van der Waals surface area contributed by atoms with Crippen molar-refractivity contribution in [2.75, 3.05) is 17.3 Å². The Hall–Kier alpha value is -1.93. The van der Waals surface area contributed by atoms with Crippen LogP contribution in [0.4, 0.5) is 8.78 Å². The zero-order valence-corrected chi connectivity index (χ0v) is 16.1. The molecule has 8 heteroatoms. The molecule has 1 heterocycles. The molecular formula is C19H19F2NO3S2. The number of halogens is 2. The van der Waals surface area contributed by atoms with Gasteiger partial charge in [-0.1, -0.05) is 30.3 Å². The third-order valence-corrected chi connectivity index (χ3v) is 7.15. The SMILES string of the molecule is O=C(CSc1ccc(F)c(F)c1)N(Cc1ccccc1)[C@@H]1CCS(=O)(=O)C1. The first-order chi connectivity index (χ1) is 12.8. The van der Waals surface area contributed by atoms with Crippen molar-refractivity contribution in [3.63, 3.8) is 0 Å². The normalized spacial score (nSPS) is 18.4. The number of nitrogens with zero attached hydrogens (tertiary/aromatic N) is 1. The molecule has 0 aromatic heterocycles. The molecule has 0 spiro atoms. The van der Waals surface area contributed by atoms with Gasteiger partial charge in [-0.2, -0.15) is 0 Å². The van der Waals surface area contributed by atoms with Gasteiger partial charge in [0.2, 0.25) is 5.91 Å². The zero-order chi connectivity index (χ0) is 19.4. The molecule has 27 heavy (non-hydrogen) atoms. The second-order valence-electron chi connectivity index (χ2n) is 6.43. The smallest absolute Gasteiger partial charge is 0.233 e. The number of amides is 1. The van der Waals surface area contributed by atoms with Crippen LogP contribution in [0.25, 0.3) is 0 Å². The number of hydrogen-bond acceptors (Lipinski definition) is 4. The summed E-state index contributed by atoms with van der Waals surface area (Å²) in [5, 5.41) is 0. The van der Waals surface area contributed by atoms with E-state index in [2.05, 4.69) is 0 Å². The van der Waals surface area contributed by atoms with Gasteiger partial charge in [-0.3, -0.25) is 4.79 Å². The van der Waals surface area contributed by atoms with Gasteiger partial charge < -0.3 is 4.90 Å². The monoisotopic (exact) mass is 411 g/mol. The van der Waals surface area contributed by atoms with Crippen molar-refractivity contribution in [3.05, 3.63) is 65.7 Å². The largest absolute Gasteiger partial charge is 0.334 e. The second kappa shape index (κ2) is 8.39. The first-order valence-corrected chi connectivity index (χ1v) is 11.3. The molecule has 0 aliphatic carbocycles. The van der Waals surface area contributed by atoms with E-state index in [4.69, 9.17) is 0 Å². The summed E-state index contributed by atoms with van der Waals surface area (Å²) < 4.78 is 50.1. The van der Waals surface area contributed by atoms with E-state index in [9.17, 15) is 22.0 Å². The van der Waals surface area contributed by atoms with E-state index in [0.29, 0.717) is 17.9 Å². The minimum Gasteiger partial charge on any atom is -0.334 e. The van der Waals surface area contributed by atoms with Crippen LogP contribution in [0.1, 0.15) is 12.0 Å². The van der Waals surface area contributed by atoms with E-state index >= 15 is 0 Å². The average Bonchev–Trinajstić information content (AvgIpc) is 3.01. The van der Waals surface area contributed by atoms with Crippen molar-refractivity contribution in [2.45, 2.75) is 23.9 Å². The Bertz CT molecular complexity index is 920. The summed E-state index contributed by atoms with van der Waals surface area (Å²) in [4.78, 5) is 14.8. The van der Waals surface area contributed by atoms with Gasteiger partial charge in [-0.15, -0.1) is 11.8 Å². The molecule has 0 bridgehead atoms. The third-order valence-electron chi connectivity index (χ3n) is 4.42. The van der Waals surface area contributed by atoms with Crippen LogP contribution in [-0.2, 0) is 21.2 Å².